The van der Waals surface area contributed by atoms with Gasteiger partial charge in [0.25, 0.3) is 0 Å². The molecule has 0 spiro atoms. The molecule has 5 aliphatic rings. The molecule has 1 aliphatic heterocycles. The number of ether oxygens (including phenoxy) is 1. The van der Waals surface area contributed by atoms with Crippen molar-refractivity contribution in [3.63, 3.8) is 0 Å². The molecule has 5 rings (SSSR count). The van der Waals surface area contributed by atoms with Gasteiger partial charge in [0.15, 0.2) is 0 Å². The molecular formula is C25H34N2O5. The van der Waals surface area contributed by atoms with E-state index in [2.05, 4.69) is 18.0 Å². The van der Waals surface area contributed by atoms with Gasteiger partial charge in [-0.3, -0.25) is 4.99 Å². The highest BCUT2D eigenvalue weighted by Gasteiger charge is 2.71. The molecule has 4 saturated carbocycles. The Bertz CT molecular complexity index is 910. The van der Waals surface area contributed by atoms with Crippen LogP contribution >= 0.6 is 0 Å². The molecule has 3 N–H and O–H groups in total. The van der Waals surface area contributed by atoms with E-state index < -0.39 is 22.7 Å². The smallest absolute Gasteiger partial charge is 0.331 e. The summed E-state index contributed by atoms with van der Waals surface area (Å²) in [6.07, 6.45) is 8.80. The highest BCUT2D eigenvalue weighted by molar-refractivity contribution is 5.85. The number of rotatable bonds is 3. The summed E-state index contributed by atoms with van der Waals surface area (Å²) in [7, 11) is 0. The number of nitriles is 1. The number of nitrogens with zero attached hydrogens (tertiary/aromatic N) is 2. The molecule has 4 fully saturated rings. The molecule has 7 nitrogen and oxygen atoms in total. The van der Waals surface area contributed by atoms with Crippen molar-refractivity contribution in [1.82, 2.24) is 0 Å². The summed E-state index contributed by atoms with van der Waals surface area (Å²) >= 11 is 0. The van der Waals surface area contributed by atoms with Crippen molar-refractivity contribution in [2.24, 2.45) is 33.6 Å². The summed E-state index contributed by atoms with van der Waals surface area (Å²) in [5.41, 5.74) is -1.93. The summed E-state index contributed by atoms with van der Waals surface area (Å²) < 4.78 is 5.19. The molecule has 1 heterocycles. The number of hydrogen-bond donors (Lipinski definition) is 3. The number of aliphatic imine (C=N–C) groups is 1. The Kier molecular flexibility index (Phi) is 5.09. The first kappa shape index (κ1) is 22.1. The average Bonchev–Trinajstić information content (AvgIpc) is 3.28. The average molecular weight is 443 g/mol. The molecule has 0 aromatic carbocycles. The second-order valence-corrected chi connectivity index (χ2v) is 11.1. The van der Waals surface area contributed by atoms with E-state index in [0.29, 0.717) is 45.1 Å². The van der Waals surface area contributed by atoms with E-state index in [-0.39, 0.29) is 35.7 Å². The number of hydrogen-bond acceptors (Lipinski definition) is 7. The summed E-state index contributed by atoms with van der Waals surface area (Å²) in [6, 6.07) is 2.06. The first-order valence-corrected chi connectivity index (χ1v) is 12.1. The molecule has 0 aromatic heterocycles. The van der Waals surface area contributed by atoms with Gasteiger partial charge in [-0.1, -0.05) is 6.92 Å². The van der Waals surface area contributed by atoms with Gasteiger partial charge in [-0.25, -0.2) is 4.79 Å². The van der Waals surface area contributed by atoms with E-state index in [1.807, 2.05) is 6.21 Å². The van der Waals surface area contributed by atoms with Crippen molar-refractivity contribution in [3.8, 4) is 6.07 Å². The zero-order valence-corrected chi connectivity index (χ0v) is 18.8. The Hall–Kier alpha value is -1.75. The summed E-state index contributed by atoms with van der Waals surface area (Å²) in [6.45, 7) is 2.54. The molecule has 0 aromatic rings. The number of cyclic esters (lactones) is 1. The quantitative estimate of drug-likeness (QED) is 0.350. The second kappa shape index (κ2) is 7.38. The van der Waals surface area contributed by atoms with Gasteiger partial charge in [0.2, 0.25) is 0 Å². The fourth-order valence-corrected chi connectivity index (χ4v) is 8.61. The fourth-order valence-electron chi connectivity index (χ4n) is 8.61. The van der Waals surface area contributed by atoms with E-state index >= 15 is 0 Å². The van der Waals surface area contributed by atoms with E-state index in [4.69, 9.17) is 10.00 Å². The van der Waals surface area contributed by atoms with Crippen LogP contribution in [0, 0.1) is 39.9 Å². The number of carbonyl (C=O) groups is 1. The van der Waals surface area contributed by atoms with Gasteiger partial charge >= 0.3 is 5.97 Å². The van der Waals surface area contributed by atoms with Crippen LogP contribution in [0.2, 0.25) is 0 Å². The van der Waals surface area contributed by atoms with Crippen molar-refractivity contribution in [3.05, 3.63) is 11.6 Å². The van der Waals surface area contributed by atoms with Crippen LogP contribution in [0.5, 0.6) is 0 Å². The van der Waals surface area contributed by atoms with Crippen LogP contribution in [0.3, 0.4) is 0 Å². The first-order valence-electron chi connectivity index (χ1n) is 12.1. The van der Waals surface area contributed by atoms with Gasteiger partial charge in [-0.2, -0.15) is 5.26 Å². The van der Waals surface area contributed by atoms with E-state index in [9.17, 15) is 20.1 Å². The van der Waals surface area contributed by atoms with Crippen LogP contribution in [-0.2, 0) is 9.53 Å². The third-order valence-electron chi connectivity index (χ3n) is 10.1. The third-order valence-corrected chi connectivity index (χ3v) is 10.1. The number of esters is 1. The zero-order valence-electron chi connectivity index (χ0n) is 18.8. The molecule has 32 heavy (non-hydrogen) atoms. The standard InChI is InChI=1S/C25H34N2O5/c1-22-6-3-19-20(25(22,31)9-5-18(22)16-12-21(29)32-14-16)4-8-24(30)13-17(28)2-7-23(19,24)15-27-11-10-26/h12,15,17-20,28,30-31H,2-9,11,13-14H2,1H3/t17?,18-,19-,20?,22+,23-,24?,25?/m0/s1. The minimum atomic E-state index is -1.07. The minimum absolute atomic E-state index is 0.00827. The van der Waals surface area contributed by atoms with Crippen molar-refractivity contribution >= 4 is 12.2 Å². The highest BCUT2D eigenvalue weighted by atomic mass is 16.5. The Morgan fingerprint density at radius 2 is 1.97 bits per heavy atom. The van der Waals surface area contributed by atoms with Crippen LogP contribution in [0.1, 0.15) is 64.7 Å². The Labute approximate surface area is 189 Å². The molecule has 0 radical (unpaired) electrons. The molecule has 7 heteroatoms. The van der Waals surface area contributed by atoms with Crippen LogP contribution in [0.25, 0.3) is 0 Å². The maximum absolute atomic E-state index is 12.3. The largest absolute Gasteiger partial charge is 0.458 e. The molecule has 8 atom stereocenters. The molecular weight excluding hydrogens is 408 g/mol. The Balaban J connectivity index is 1.53. The van der Waals surface area contributed by atoms with Crippen molar-refractivity contribution in [1.29, 1.82) is 5.26 Å². The molecule has 174 valence electrons. The second-order valence-electron chi connectivity index (χ2n) is 11.1. The van der Waals surface area contributed by atoms with Gasteiger partial charge < -0.3 is 20.1 Å². The van der Waals surface area contributed by atoms with Gasteiger partial charge in [-0.15, -0.1) is 0 Å². The summed E-state index contributed by atoms with van der Waals surface area (Å²) in [4.78, 5) is 16.1. The molecule has 0 saturated heterocycles. The van der Waals surface area contributed by atoms with E-state index in [1.54, 1.807) is 6.08 Å². The predicted octanol–water partition coefficient (Wildman–Crippen LogP) is 2.29. The maximum atomic E-state index is 12.3. The maximum Gasteiger partial charge on any atom is 0.331 e. The normalized spacial score (nSPS) is 50.2. The number of carbonyl (C=O) groups excluding carboxylic acids is 1. The minimum Gasteiger partial charge on any atom is -0.458 e. The van der Waals surface area contributed by atoms with Crippen molar-refractivity contribution in [2.45, 2.75) is 82.0 Å². The van der Waals surface area contributed by atoms with Crippen LogP contribution in [-0.4, -0.2) is 58.0 Å². The molecule has 0 amide bonds. The monoisotopic (exact) mass is 442 g/mol. The third kappa shape index (κ3) is 2.82. The van der Waals surface area contributed by atoms with Crippen LogP contribution < -0.4 is 0 Å². The lowest BCUT2D eigenvalue weighted by Gasteiger charge is -2.65. The van der Waals surface area contributed by atoms with E-state index in [0.717, 1.165) is 24.8 Å². The molecule has 4 aliphatic carbocycles. The van der Waals surface area contributed by atoms with Gasteiger partial charge in [0, 0.05) is 29.5 Å². The fraction of sp³-hybridized carbons (Fsp3) is 0.800. The van der Waals surface area contributed by atoms with Crippen molar-refractivity contribution < 1.29 is 24.9 Å². The number of aliphatic hydroxyl groups is 3. The number of fused-ring (bicyclic) bond motifs is 5. The molecule has 4 unspecified atom stereocenters. The van der Waals surface area contributed by atoms with E-state index in [1.165, 1.54) is 0 Å². The lowest BCUT2D eigenvalue weighted by molar-refractivity contribution is -0.237. The number of aliphatic hydroxyl groups excluding tert-OH is 1. The molecule has 0 bridgehead atoms. The lowest BCUT2D eigenvalue weighted by atomic mass is 9.41. The SMILES string of the molecule is C[C@]12CC[C@H]3C(CCC4(O)CC(O)CC[C@]34C=NCC#N)C1(O)CC[C@H]2C1=CC(=O)OC1. The van der Waals surface area contributed by atoms with Gasteiger partial charge in [0.05, 0.1) is 23.4 Å². The zero-order chi connectivity index (χ0) is 22.8. The summed E-state index contributed by atoms with van der Waals surface area (Å²) in [5, 5.41) is 43.5. The van der Waals surface area contributed by atoms with Gasteiger partial charge in [-0.05, 0) is 74.7 Å². The topological polar surface area (TPSA) is 123 Å². The summed E-state index contributed by atoms with van der Waals surface area (Å²) in [5.74, 6) is -0.113. The van der Waals surface area contributed by atoms with Gasteiger partial charge in [0.1, 0.15) is 13.2 Å². The van der Waals surface area contributed by atoms with Crippen LogP contribution in [0.15, 0.2) is 16.6 Å². The first-order chi connectivity index (χ1) is 15.2. The lowest BCUT2D eigenvalue weighted by Crippen LogP contribution is -2.68. The Morgan fingerprint density at radius 3 is 2.69 bits per heavy atom. The highest BCUT2D eigenvalue weighted by Crippen LogP contribution is 2.70. The van der Waals surface area contributed by atoms with Crippen LogP contribution in [0.4, 0.5) is 0 Å². The van der Waals surface area contributed by atoms with Crippen molar-refractivity contribution in [2.75, 3.05) is 13.2 Å². The predicted molar refractivity (Wildman–Crippen MR) is 116 cm³/mol. The Morgan fingerprint density at radius 1 is 1.19 bits per heavy atom.